The van der Waals surface area contributed by atoms with Crippen LogP contribution in [0.15, 0.2) is 24.3 Å². The number of hydrogen-bond donors (Lipinski definition) is 2. The summed E-state index contributed by atoms with van der Waals surface area (Å²) in [6.07, 6.45) is 0.667. The highest BCUT2D eigenvalue weighted by Gasteiger charge is 2.30. The Morgan fingerprint density at radius 2 is 1.95 bits per heavy atom. The molecular weight excluding hydrogens is 261 g/mol. The first kappa shape index (κ1) is 14.7. The average molecular weight is 272 g/mol. The van der Waals surface area contributed by atoms with Gasteiger partial charge >= 0.3 is 12.4 Å². The Bertz CT molecular complexity index is 463. The number of anilines is 1. The second-order valence-electron chi connectivity index (χ2n) is 3.41. The monoisotopic (exact) mass is 272 g/mol. The number of carbonyl (C=O) groups excluding carboxylic acids is 1. The second kappa shape index (κ2) is 6.54. The number of ether oxygens (including phenoxy) is 1. The maximum absolute atomic E-state index is 11.9. The van der Waals surface area contributed by atoms with Crippen molar-refractivity contribution in [3.63, 3.8) is 0 Å². The van der Waals surface area contributed by atoms with Crippen LogP contribution >= 0.6 is 0 Å². The SMILES string of the molecule is C#CCCNC(=O)Nc1ccc(OC(F)(F)F)cc1. The first-order chi connectivity index (χ1) is 8.90. The summed E-state index contributed by atoms with van der Waals surface area (Å²) >= 11 is 0. The molecule has 1 rings (SSSR count). The van der Waals surface area contributed by atoms with E-state index < -0.39 is 12.4 Å². The number of carbonyl (C=O) groups is 1. The van der Waals surface area contributed by atoms with Gasteiger partial charge in [-0.15, -0.1) is 25.5 Å². The molecule has 2 amide bonds. The molecule has 4 nitrogen and oxygen atoms in total. The zero-order valence-corrected chi connectivity index (χ0v) is 9.75. The van der Waals surface area contributed by atoms with Gasteiger partial charge in [-0.05, 0) is 24.3 Å². The molecule has 0 unspecified atom stereocenters. The smallest absolute Gasteiger partial charge is 0.406 e. The fourth-order valence-corrected chi connectivity index (χ4v) is 1.16. The highest BCUT2D eigenvalue weighted by Crippen LogP contribution is 2.23. The topological polar surface area (TPSA) is 50.4 Å². The molecule has 0 aromatic heterocycles. The van der Waals surface area contributed by atoms with E-state index in [1.54, 1.807) is 0 Å². The maximum atomic E-state index is 11.9. The van der Waals surface area contributed by atoms with Gasteiger partial charge in [-0.1, -0.05) is 0 Å². The van der Waals surface area contributed by atoms with E-state index in [0.29, 0.717) is 18.7 Å². The molecule has 1 aromatic carbocycles. The number of rotatable bonds is 4. The van der Waals surface area contributed by atoms with Gasteiger partial charge in [-0.25, -0.2) is 4.79 Å². The lowest BCUT2D eigenvalue weighted by Crippen LogP contribution is -2.29. The van der Waals surface area contributed by atoms with Gasteiger partial charge in [0.1, 0.15) is 5.75 Å². The summed E-state index contributed by atoms with van der Waals surface area (Å²) in [4.78, 5) is 11.3. The summed E-state index contributed by atoms with van der Waals surface area (Å²) in [5.41, 5.74) is 0.340. The van der Waals surface area contributed by atoms with E-state index in [1.807, 2.05) is 0 Å². The molecular formula is C12H11F3N2O2. The van der Waals surface area contributed by atoms with Crippen molar-refractivity contribution in [1.29, 1.82) is 0 Å². The summed E-state index contributed by atoms with van der Waals surface area (Å²) in [5, 5.41) is 4.92. The number of amides is 2. The van der Waals surface area contributed by atoms with Gasteiger partial charge in [0.25, 0.3) is 0 Å². The summed E-state index contributed by atoms with van der Waals surface area (Å²) in [7, 11) is 0. The lowest BCUT2D eigenvalue weighted by atomic mass is 10.3. The number of terminal acetylenes is 1. The van der Waals surface area contributed by atoms with Crippen molar-refractivity contribution in [2.45, 2.75) is 12.8 Å². The Morgan fingerprint density at radius 3 is 2.47 bits per heavy atom. The van der Waals surface area contributed by atoms with Crippen LogP contribution in [0.2, 0.25) is 0 Å². The van der Waals surface area contributed by atoms with Gasteiger partial charge in [-0.2, -0.15) is 0 Å². The summed E-state index contributed by atoms with van der Waals surface area (Å²) in [6, 6.07) is 4.30. The number of benzene rings is 1. The predicted octanol–water partition coefficient (Wildman–Crippen LogP) is 2.73. The van der Waals surface area contributed by atoms with Crippen LogP contribution in [0, 0.1) is 12.3 Å². The Kier molecular flexibility index (Phi) is 5.06. The van der Waals surface area contributed by atoms with E-state index in [4.69, 9.17) is 6.42 Å². The molecule has 0 aliphatic rings. The minimum atomic E-state index is -4.73. The average Bonchev–Trinajstić information content (AvgIpc) is 2.30. The quantitative estimate of drug-likeness (QED) is 0.654. The minimum Gasteiger partial charge on any atom is -0.406 e. The van der Waals surface area contributed by atoms with Crippen LogP contribution in [-0.4, -0.2) is 18.9 Å². The van der Waals surface area contributed by atoms with E-state index in [1.165, 1.54) is 12.1 Å². The van der Waals surface area contributed by atoms with E-state index in [2.05, 4.69) is 21.3 Å². The lowest BCUT2D eigenvalue weighted by molar-refractivity contribution is -0.274. The van der Waals surface area contributed by atoms with Crippen LogP contribution in [-0.2, 0) is 0 Å². The maximum Gasteiger partial charge on any atom is 0.573 e. The van der Waals surface area contributed by atoms with E-state index in [0.717, 1.165) is 12.1 Å². The fourth-order valence-electron chi connectivity index (χ4n) is 1.16. The van der Waals surface area contributed by atoms with Crippen LogP contribution in [0.1, 0.15) is 6.42 Å². The van der Waals surface area contributed by atoms with Crippen LogP contribution in [0.25, 0.3) is 0 Å². The van der Waals surface area contributed by atoms with Gasteiger partial charge in [0, 0.05) is 18.7 Å². The van der Waals surface area contributed by atoms with Crippen molar-refractivity contribution in [3.8, 4) is 18.1 Å². The molecule has 0 bridgehead atoms. The van der Waals surface area contributed by atoms with Crippen molar-refractivity contribution >= 4 is 11.7 Å². The third-order valence-electron chi connectivity index (χ3n) is 1.90. The Morgan fingerprint density at radius 1 is 1.32 bits per heavy atom. The van der Waals surface area contributed by atoms with Gasteiger partial charge in [0.2, 0.25) is 0 Å². The molecule has 0 saturated carbocycles. The van der Waals surface area contributed by atoms with Gasteiger partial charge < -0.3 is 15.4 Å². The molecule has 0 aliphatic heterocycles. The Labute approximate surface area is 107 Å². The fraction of sp³-hybridized carbons (Fsp3) is 0.250. The molecule has 102 valence electrons. The van der Waals surface area contributed by atoms with Gasteiger partial charge in [-0.3, -0.25) is 0 Å². The third-order valence-corrected chi connectivity index (χ3v) is 1.90. The molecule has 0 saturated heterocycles. The third kappa shape index (κ3) is 6.21. The van der Waals surface area contributed by atoms with Crippen molar-refractivity contribution in [2.75, 3.05) is 11.9 Å². The predicted molar refractivity (Wildman–Crippen MR) is 63.6 cm³/mol. The minimum absolute atomic E-state index is 0.317. The summed E-state index contributed by atoms with van der Waals surface area (Å²) in [5.74, 6) is 1.99. The standard InChI is InChI=1S/C12H11F3N2O2/c1-2-3-8-16-11(18)17-9-4-6-10(7-5-9)19-12(13,14)15/h1,4-7H,3,8H2,(H2,16,17,18). The molecule has 1 aromatic rings. The molecule has 0 spiro atoms. The molecule has 0 aliphatic carbocycles. The molecule has 0 radical (unpaired) electrons. The number of urea groups is 1. The number of hydrogen-bond acceptors (Lipinski definition) is 2. The first-order valence-electron chi connectivity index (χ1n) is 5.25. The summed E-state index contributed by atoms with van der Waals surface area (Å²) in [6.45, 7) is 0.317. The zero-order valence-electron chi connectivity index (χ0n) is 9.75. The summed E-state index contributed by atoms with van der Waals surface area (Å²) < 4.78 is 39.4. The number of alkyl halides is 3. The Hall–Kier alpha value is -2.36. The van der Waals surface area contributed by atoms with Crippen LogP contribution < -0.4 is 15.4 Å². The van der Waals surface area contributed by atoms with E-state index in [9.17, 15) is 18.0 Å². The molecule has 0 fully saturated rings. The van der Waals surface area contributed by atoms with E-state index >= 15 is 0 Å². The molecule has 0 atom stereocenters. The lowest BCUT2D eigenvalue weighted by Gasteiger charge is -2.10. The van der Waals surface area contributed by atoms with Gasteiger partial charge in [0.05, 0.1) is 0 Å². The van der Waals surface area contributed by atoms with Crippen molar-refractivity contribution < 1.29 is 22.7 Å². The molecule has 19 heavy (non-hydrogen) atoms. The molecule has 2 N–H and O–H groups in total. The largest absolute Gasteiger partial charge is 0.573 e. The zero-order chi connectivity index (χ0) is 14.3. The first-order valence-corrected chi connectivity index (χ1v) is 5.25. The highest BCUT2D eigenvalue weighted by molar-refractivity contribution is 5.89. The van der Waals surface area contributed by atoms with Crippen LogP contribution in [0.4, 0.5) is 23.7 Å². The van der Waals surface area contributed by atoms with Crippen molar-refractivity contribution in [1.82, 2.24) is 5.32 Å². The van der Waals surface area contributed by atoms with Crippen LogP contribution in [0.5, 0.6) is 5.75 Å². The highest BCUT2D eigenvalue weighted by atomic mass is 19.4. The van der Waals surface area contributed by atoms with Crippen molar-refractivity contribution in [3.05, 3.63) is 24.3 Å². The molecule has 0 heterocycles. The molecule has 7 heteroatoms. The second-order valence-corrected chi connectivity index (χ2v) is 3.41. The number of nitrogens with one attached hydrogen (secondary N) is 2. The van der Waals surface area contributed by atoms with Gasteiger partial charge in [0.15, 0.2) is 0 Å². The van der Waals surface area contributed by atoms with Crippen molar-refractivity contribution in [2.24, 2.45) is 0 Å². The Balaban J connectivity index is 2.48. The van der Waals surface area contributed by atoms with E-state index in [-0.39, 0.29) is 5.75 Å². The van der Waals surface area contributed by atoms with Crippen LogP contribution in [0.3, 0.4) is 0 Å². The normalized spacial score (nSPS) is 10.4. The number of halogens is 3.